The van der Waals surface area contributed by atoms with Gasteiger partial charge in [0.05, 0.1) is 25.4 Å². The van der Waals surface area contributed by atoms with E-state index in [0.29, 0.717) is 36.8 Å². The maximum absolute atomic E-state index is 12.9. The Kier molecular flexibility index (Phi) is 8.40. The first-order chi connectivity index (χ1) is 16.5. The van der Waals surface area contributed by atoms with E-state index in [0.717, 1.165) is 30.0 Å². The Labute approximate surface area is 210 Å². The molecule has 2 aromatic carbocycles. The SMILES string of the molecule is COc1cccc([C@@H](CN2CCN(C(=O)c3cccnc3Cl)CC2)OCc2cccc(Cl)c2)c1. The first-order valence-corrected chi connectivity index (χ1v) is 11.9. The van der Waals surface area contributed by atoms with Crippen LogP contribution in [0.5, 0.6) is 5.75 Å². The number of methoxy groups -OCH3 is 1. The summed E-state index contributed by atoms with van der Waals surface area (Å²) in [6.45, 7) is 3.85. The van der Waals surface area contributed by atoms with Gasteiger partial charge in [-0.15, -0.1) is 0 Å². The van der Waals surface area contributed by atoms with E-state index in [1.165, 1.54) is 0 Å². The van der Waals surface area contributed by atoms with Gasteiger partial charge < -0.3 is 14.4 Å². The number of ether oxygens (including phenoxy) is 2. The van der Waals surface area contributed by atoms with Gasteiger partial charge >= 0.3 is 0 Å². The molecule has 4 rings (SSSR count). The Morgan fingerprint density at radius 1 is 1.03 bits per heavy atom. The van der Waals surface area contributed by atoms with E-state index in [2.05, 4.69) is 16.0 Å². The number of hydrogen-bond acceptors (Lipinski definition) is 5. The maximum Gasteiger partial charge on any atom is 0.257 e. The highest BCUT2D eigenvalue weighted by Crippen LogP contribution is 2.26. The van der Waals surface area contributed by atoms with E-state index >= 15 is 0 Å². The minimum atomic E-state index is -0.163. The summed E-state index contributed by atoms with van der Waals surface area (Å²) in [5.74, 6) is 0.705. The van der Waals surface area contributed by atoms with E-state index in [4.69, 9.17) is 32.7 Å². The van der Waals surface area contributed by atoms with Gasteiger partial charge in [0.2, 0.25) is 0 Å². The van der Waals surface area contributed by atoms with Crippen molar-refractivity contribution in [2.45, 2.75) is 12.7 Å². The minimum absolute atomic E-state index is 0.0840. The normalized spacial score (nSPS) is 15.2. The van der Waals surface area contributed by atoms with Crippen molar-refractivity contribution in [2.75, 3.05) is 39.8 Å². The van der Waals surface area contributed by atoms with Crippen LogP contribution in [-0.4, -0.2) is 60.5 Å². The van der Waals surface area contributed by atoms with Gasteiger partial charge in [0.1, 0.15) is 10.9 Å². The lowest BCUT2D eigenvalue weighted by Crippen LogP contribution is -2.49. The number of rotatable bonds is 8. The van der Waals surface area contributed by atoms with Gasteiger partial charge in [-0.1, -0.05) is 47.5 Å². The quantitative estimate of drug-likeness (QED) is 0.403. The Morgan fingerprint density at radius 2 is 1.82 bits per heavy atom. The van der Waals surface area contributed by atoms with Crippen LogP contribution in [0.3, 0.4) is 0 Å². The third kappa shape index (κ3) is 6.27. The smallest absolute Gasteiger partial charge is 0.257 e. The Bertz CT molecular complexity index is 1120. The largest absolute Gasteiger partial charge is 0.497 e. The van der Waals surface area contributed by atoms with E-state index in [1.54, 1.807) is 25.4 Å². The molecule has 1 fully saturated rings. The summed E-state index contributed by atoms with van der Waals surface area (Å²) in [6, 6.07) is 19.1. The van der Waals surface area contributed by atoms with Crippen LogP contribution in [0, 0.1) is 0 Å². The molecule has 0 aliphatic carbocycles. The average Bonchev–Trinajstić information content (AvgIpc) is 2.87. The van der Waals surface area contributed by atoms with Crippen LogP contribution >= 0.6 is 23.2 Å². The second-order valence-corrected chi connectivity index (χ2v) is 8.94. The zero-order valence-electron chi connectivity index (χ0n) is 19.0. The number of carbonyl (C=O) groups is 1. The topological polar surface area (TPSA) is 54.9 Å². The second kappa shape index (κ2) is 11.7. The molecule has 0 saturated carbocycles. The van der Waals surface area contributed by atoms with Crippen LogP contribution in [0.4, 0.5) is 0 Å². The van der Waals surface area contributed by atoms with Crippen molar-refractivity contribution in [3.05, 3.63) is 93.7 Å². The Morgan fingerprint density at radius 3 is 2.56 bits per heavy atom. The molecule has 1 amide bonds. The highest BCUT2D eigenvalue weighted by atomic mass is 35.5. The van der Waals surface area contributed by atoms with Gasteiger partial charge in [0, 0.05) is 43.9 Å². The zero-order valence-corrected chi connectivity index (χ0v) is 20.5. The molecule has 1 atom stereocenters. The van der Waals surface area contributed by atoms with E-state index in [-0.39, 0.29) is 17.2 Å². The molecule has 1 aliphatic rings. The van der Waals surface area contributed by atoms with Gasteiger partial charge in [-0.05, 0) is 47.5 Å². The third-order valence-electron chi connectivity index (χ3n) is 5.88. The van der Waals surface area contributed by atoms with Gasteiger partial charge in [-0.3, -0.25) is 9.69 Å². The molecule has 3 aromatic rings. The van der Waals surface area contributed by atoms with E-state index in [9.17, 15) is 4.79 Å². The molecule has 34 heavy (non-hydrogen) atoms. The second-order valence-electron chi connectivity index (χ2n) is 8.14. The van der Waals surface area contributed by atoms with Crippen LogP contribution in [0.15, 0.2) is 66.9 Å². The van der Waals surface area contributed by atoms with Gasteiger partial charge in [-0.2, -0.15) is 0 Å². The predicted octanol–water partition coefficient (Wildman–Crippen LogP) is 5.11. The number of pyridine rings is 1. The number of halogens is 2. The fourth-order valence-corrected chi connectivity index (χ4v) is 4.42. The first kappa shape index (κ1) is 24.5. The van der Waals surface area contributed by atoms with Crippen molar-refractivity contribution in [1.29, 1.82) is 0 Å². The summed E-state index contributed by atoms with van der Waals surface area (Å²) in [5, 5.41) is 0.927. The fraction of sp³-hybridized carbons (Fsp3) is 0.308. The number of benzene rings is 2. The van der Waals surface area contributed by atoms with E-state index in [1.807, 2.05) is 47.4 Å². The molecule has 1 saturated heterocycles. The summed E-state index contributed by atoms with van der Waals surface area (Å²) >= 11 is 12.3. The Balaban J connectivity index is 1.42. The lowest BCUT2D eigenvalue weighted by atomic mass is 10.1. The summed E-state index contributed by atoms with van der Waals surface area (Å²) in [6.07, 6.45) is 1.42. The lowest BCUT2D eigenvalue weighted by Gasteiger charge is -2.36. The summed E-state index contributed by atoms with van der Waals surface area (Å²) in [5.41, 5.74) is 2.50. The zero-order chi connectivity index (χ0) is 23.9. The number of piperazine rings is 1. The molecule has 0 spiro atoms. The molecule has 0 unspecified atom stereocenters. The molecular weight excluding hydrogens is 473 g/mol. The monoisotopic (exact) mass is 499 g/mol. The first-order valence-electron chi connectivity index (χ1n) is 11.2. The molecule has 0 radical (unpaired) electrons. The van der Waals surface area contributed by atoms with Crippen LogP contribution in [0.2, 0.25) is 10.2 Å². The number of nitrogens with zero attached hydrogens (tertiary/aromatic N) is 3. The van der Waals surface area contributed by atoms with Crippen LogP contribution in [0.25, 0.3) is 0 Å². The molecule has 0 bridgehead atoms. The number of carbonyl (C=O) groups excluding carboxylic acids is 1. The van der Waals surface area contributed by atoms with Crippen LogP contribution in [0.1, 0.15) is 27.6 Å². The molecule has 8 heteroatoms. The van der Waals surface area contributed by atoms with Crippen molar-refractivity contribution in [2.24, 2.45) is 0 Å². The van der Waals surface area contributed by atoms with Crippen LogP contribution < -0.4 is 4.74 Å². The van der Waals surface area contributed by atoms with Crippen molar-refractivity contribution < 1.29 is 14.3 Å². The fourth-order valence-electron chi connectivity index (χ4n) is 4.00. The van der Waals surface area contributed by atoms with E-state index < -0.39 is 0 Å². The van der Waals surface area contributed by atoms with Gasteiger partial charge in [0.15, 0.2) is 0 Å². The minimum Gasteiger partial charge on any atom is -0.497 e. The molecule has 178 valence electrons. The number of aromatic nitrogens is 1. The lowest BCUT2D eigenvalue weighted by molar-refractivity contribution is 0.00333. The average molecular weight is 500 g/mol. The highest BCUT2D eigenvalue weighted by molar-refractivity contribution is 6.32. The summed E-state index contributed by atoms with van der Waals surface area (Å²) in [4.78, 5) is 21.0. The van der Waals surface area contributed by atoms with Crippen molar-refractivity contribution >= 4 is 29.1 Å². The summed E-state index contributed by atoms with van der Waals surface area (Å²) in [7, 11) is 1.66. The molecule has 1 aromatic heterocycles. The molecular formula is C26H27Cl2N3O3. The standard InChI is InChI=1S/C26H27Cl2N3O3/c1-33-22-8-3-6-20(16-22)24(34-18-19-5-2-7-21(27)15-19)17-30-11-13-31(14-12-30)26(32)23-9-4-10-29-25(23)28/h2-10,15-16,24H,11-14,17-18H2,1H3/t24-/m1/s1. The van der Waals surface area contributed by atoms with Gasteiger partial charge in [0.25, 0.3) is 5.91 Å². The summed E-state index contributed by atoms with van der Waals surface area (Å²) < 4.78 is 11.8. The maximum atomic E-state index is 12.9. The van der Waals surface area contributed by atoms with Crippen molar-refractivity contribution in [1.82, 2.24) is 14.8 Å². The molecule has 2 heterocycles. The molecule has 6 nitrogen and oxygen atoms in total. The predicted molar refractivity (Wildman–Crippen MR) is 134 cm³/mol. The van der Waals surface area contributed by atoms with Crippen LogP contribution in [-0.2, 0) is 11.3 Å². The molecule has 0 N–H and O–H groups in total. The van der Waals surface area contributed by atoms with Crippen molar-refractivity contribution in [3.8, 4) is 5.75 Å². The van der Waals surface area contributed by atoms with Gasteiger partial charge in [-0.25, -0.2) is 4.98 Å². The molecule has 1 aliphatic heterocycles. The number of hydrogen-bond donors (Lipinski definition) is 0. The highest BCUT2D eigenvalue weighted by Gasteiger charge is 2.26. The van der Waals surface area contributed by atoms with Crippen molar-refractivity contribution in [3.63, 3.8) is 0 Å². The third-order valence-corrected chi connectivity index (χ3v) is 6.42. The number of amides is 1. The Hall–Kier alpha value is -2.64.